The average Bonchev–Trinajstić information content (AvgIpc) is 2.78. The number of hydrogen-bond donors (Lipinski definition) is 3. The summed E-state index contributed by atoms with van der Waals surface area (Å²) in [6, 6.07) is 12.9. The first-order valence-electron chi connectivity index (χ1n) is 12.0. The van der Waals surface area contributed by atoms with E-state index in [2.05, 4.69) is 51.1 Å². The largest absolute Gasteiger partial charge is 0.491 e. The Kier molecular flexibility index (Phi) is 9.30. The number of aliphatic hydroxyl groups excluding tert-OH is 3. The predicted molar refractivity (Wildman–Crippen MR) is 137 cm³/mol. The Balaban J connectivity index is 2.38. The second-order valence-electron chi connectivity index (χ2n) is 10.2. The number of aliphatic hydroxyl groups is 3. The molecule has 4 heteroatoms. The molecule has 3 N–H and O–H groups in total. The van der Waals surface area contributed by atoms with Crippen molar-refractivity contribution in [2.45, 2.75) is 78.9 Å². The summed E-state index contributed by atoms with van der Waals surface area (Å²) in [5, 5.41) is 29.0. The monoisotopic (exact) mass is 454 g/mol. The van der Waals surface area contributed by atoms with Crippen LogP contribution in [-0.4, -0.2) is 40.7 Å². The molecule has 0 fully saturated rings. The van der Waals surface area contributed by atoms with E-state index < -0.39 is 12.2 Å². The Morgan fingerprint density at radius 1 is 0.909 bits per heavy atom. The summed E-state index contributed by atoms with van der Waals surface area (Å²) < 4.78 is 5.70. The van der Waals surface area contributed by atoms with Gasteiger partial charge in [-0.15, -0.1) is 0 Å². The van der Waals surface area contributed by atoms with E-state index in [1.54, 1.807) is 0 Å². The molecule has 2 aromatic rings. The molecule has 0 aliphatic heterocycles. The molecule has 0 saturated carbocycles. The molecule has 0 spiro atoms. The van der Waals surface area contributed by atoms with Crippen LogP contribution in [0.4, 0.5) is 0 Å². The van der Waals surface area contributed by atoms with Crippen LogP contribution in [0, 0.1) is 19.3 Å². The van der Waals surface area contributed by atoms with E-state index in [4.69, 9.17) is 9.84 Å². The quantitative estimate of drug-likeness (QED) is 0.439. The number of rotatable bonds is 10. The first kappa shape index (κ1) is 27.1. The summed E-state index contributed by atoms with van der Waals surface area (Å²) in [6.07, 6.45) is 4.45. The van der Waals surface area contributed by atoms with Gasteiger partial charge in [-0.05, 0) is 66.0 Å². The van der Waals surface area contributed by atoms with E-state index >= 15 is 0 Å². The zero-order valence-corrected chi connectivity index (χ0v) is 21.4. The fourth-order valence-corrected chi connectivity index (χ4v) is 4.22. The Morgan fingerprint density at radius 2 is 1.48 bits per heavy atom. The third kappa shape index (κ3) is 6.47. The van der Waals surface area contributed by atoms with E-state index in [9.17, 15) is 10.2 Å². The smallest absolute Gasteiger partial charge is 0.122 e. The van der Waals surface area contributed by atoms with Crippen molar-refractivity contribution in [3.8, 4) is 5.75 Å². The SMILES string of the molecule is CCC(CC)(c1ccc(/C=C\C(O)C(C)(C)C)c(C)c1)c1ccc(OC[C@@H](O)CO)c(C)c1. The summed E-state index contributed by atoms with van der Waals surface area (Å²) in [5.41, 5.74) is 5.53. The van der Waals surface area contributed by atoms with E-state index in [-0.39, 0.29) is 24.0 Å². The van der Waals surface area contributed by atoms with Crippen LogP contribution in [-0.2, 0) is 5.41 Å². The second kappa shape index (κ2) is 11.3. The zero-order valence-electron chi connectivity index (χ0n) is 21.4. The van der Waals surface area contributed by atoms with Gasteiger partial charge in [-0.3, -0.25) is 0 Å². The lowest BCUT2D eigenvalue weighted by Gasteiger charge is -2.34. The molecule has 0 aliphatic carbocycles. The maximum atomic E-state index is 10.4. The number of aryl methyl sites for hydroxylation is 2. The van der Waals surface area contributed by atoms with Crippen LogP contribution in [0.5, 0.6) is 5.75 Å². The van der Waals surface area contributed by atoms with Gasteiger partial charge in [0.2, 0.25) is 0 Å². The van der Waals surface area contributed by atoms with Crippen LogP contribution < -0.4 is 4.74 Å². The van der Waals surface area contributed by atoms with Crippen LogP contribution in [0.2, 0.25) is 0 Å². The fourth-order valence-electron chi connectivity index (χ4n) is 4.22. The first-order valence-corrected chi connectivity index (χ1v) is 12.0. The summed E-state index contributed by atoms with van der Waals surface area (Å²) >= 11 is 0. The first-order chi connectivity index (χ1) is 15.5. The molecule has 0 radical (unpaired) electrons. The minimum absolute atomic E-state index is 0.0709. The normalized spacial score (nSPS) is 14.5. The molecule has 0 saturated heterocycles. The minimum Gasteiger partial charge on any atom is -0.491 e. The maximum Gasteiger partial charge on any atom is 0.122 e. The molecule has 2 aromatic carbocycles. The molecule has 0 heterocycles. The summed E-state index contributed by atoms with van der Waals surface area (Å²) in [6.45, 7) is 14.4. The highest BCUT2D eigenvalue weighted by molar-refractivity contribution is 5.57. The third-order valence-corrected chi connectivity index (χ3v) is 6.74. The van der Waals surface area contributed by atoms with Gasteiger partial charge >= 0.3 is 0 Å². The topological polar surface area (TPSA) is 69.9 Å². The van der Waals surface area contributed by atoms with Crippen LogP contribution in [0.25, 0.3) is 6.08 Å². The summed E-state index contributed by atoms with van der Waals surface area (Å²) in [5.74, 6) is 0.724. The molecule has 33 heavy (non-hydrogen) atoms. The highest BCUT2D eigenvalue weighted by atomic mass is 16.5. The van der Waals surface area contributed by atoms with Crippen molar-refractivity contribution in [3.05, 3.63) is 70.3 Å². The molecule has 1 unspecified atom stereocenters. The Morgan fingerprint density at radius 3 is 1.97 bits per heavy atom. The van der Waals surface area contributed by atoms with Crippen molar-refractivity contribution in [2.75, 3.05) is 13.2 Å². The highest BCUT2D eigenvalue weighted by Gasteiger charge is 2.31. The van der Waals surface area contributed by atoms with Crippen molar-refractivity contribution in [2.24, 2.45) is 5.41 Å². The second-order valence-corrected chi connectivity index (χ2v) is 10.2. The molecule has 0 aromatic heterocycles. The lowest BCUT2D eigenvalue weighted by atomic mass is 9.70. The van der Waals surface area contributed by atoms with Gasteiger partial charge in [-0.25, -0.2) is 0 Å². The summed E-state index contributed by atoms with van der Waals surface area (Å²) in [4.78, 5) is 0. The van der Waals surface area contributed by atoms with E-state index in [1.165, 1.54) is 16.7 Å². The van der Waals surface area contributed by atoms with Crippen molar-refractivity contribution in [1.29, 1.82) is 0 Å². The van der Waals surface area contributed by atoms with Crippen LogP contribution in [0.1, 0.15) is 75.3 Å². The number of ether oxygens (including phenoxy) is 1. The van der Waals surface area contributed by atoms with E-state index in [0.717, 1.165) is 29.7 Å². The lowest BCUT2D eigenvalue weighted by Crippen LogP contribution is -2.26. The van der Waals surface area contributed by atoms with Crippen molar-refractivity contribution in [3.63, 3.8) is 0 Å². The molecule has 0 bridgehead atoms. The molecule has 182 valence electrons. The summed E-state index contributed by atoms with van der Waals surface area (Å²) in [7, 11) is 0. The molecule has 4 nitrogen and oxygen atoms in total. The Bertz CT molecular complexity index is 935. The molecule has 0 amide bonds. The van der Waals surface area contributed by atoms with Gasteiger partial charge in [-0.1, -0.05) is 77.1 Å². The molecule has 2 rings (SSSR count). The van der Waals surface area contributed by atoms with Gasteiger partial charge in [0.25, 0.3) is 0 Å². The standard InChI is InChI=1S/C29H42O4/c1-8-29(9-2,24-13-14-26(21(4)17-24)33-19-25(31)18-30)23-12-10-22(20(3)16-23)11-15-27(32)28(5,6)7/h10-17,25,27,30-32H,8-9,18-19H2,1-7H3/b15-11-/t25-,27?/m0/s1. The van der Waals surface area contributed by atoms with Gasteiger partial charge < -0.3 is 20.1 Å². The van der Waals surface area contributed by atoms with Gasteiger partial charge in [-0.2, -0.15) is 0 Å². The van der Waals surface area contributed by atoms with Gasteiger partial charge in [0.15, 0.2) is 0 Å². The predicted octanol–water partition coefficient (Wildman–Crippen LogP) is 5.56. The van der Waals surface area contributed by atoms with Crippen molar-refractivity contribution < 1.29 is 20.1 Å². The minimum atomic E-state index is -0.880. The Labute approximate surface area is 199 Å². The van der Waals surface area contributed by atoms with Crippen molar-refractivity contribution in [1.82, 2.24) is 0 Å². The highest BCUT2D eigenvalue weighted by Crippen LogP contribution is 2.41. The molecular formula is C29H42O4. The van der Waals surface area contributed by atoms with Gasteiger partial charge in [0, 0.05) is 5.41 Å². The average molecular weight is 455 g/mol. The Hall–Kier alpha value is -2.14. The fraction of sp³-hybridized carbons (Fsp3) is 0.517. The maximum absolute atomic E-state index is 10.4. The van der Waals surface area contributed by atoms with Gasteiger partial charge in [0.05, 0.1) is 12.7 Å². The van der Waals surface area contributed by atoms with Crippen LogP contribution in [0.15, 0.2) is 42.5 Å². The molecular weight excluding hydrogens is 412 g/mol. The zero-order chi connectivity index (χ0) is 24.8. The molecule has 2 atom stereocenters. The number of benzene rings is 2. The lowest BCUT2D eigenvalue weighted by molar-refractivity contribution is 0.0534. The van der Waals surface area contributed by atoms with E-state index in [1.807, 2.05) is 45.9 Å². The van der Waals surface area contributed by atoms with E-state index in [0.29, 0.717) is 0 Å². The molecule has 0 aliphatic rings. The van der Waals surface area contributed by atoms with Crippen molar-refractivity contribution >= 4 is 6.08 Å². The van der Waals surface area contributed by atoms with Crippen LogP contribution >= 0.6 is 0 Å². The van der Waals surface area contributed by atoms with Gasteiger partial charge in [0.1, 0.15) is 18.5 Å². The third-order valence-electron chi connectivity index (χ3n) is 6.74. The van der Waals surface area contributed by atoms with Crippen LogP contribution in [0.3, 0.4) is 0 Å². The number of hydrogen-bond acceptors (Lipinski definition) is 4.